The van der Waals surface area contributed by atoms with Crippen LogP contribution in [0.5, 0.6) is 0 Å². The van der Waals surface area contributed by atoms with Gasteiger partial charge in [-0.1, -0.05) is 6.07 Å². The third kappa shape index (κ3) is 4.65. The van der Waals surface area contributed by atoms with Crippen molar-refractivity contribution in [3.63, 3.8) is 0 Å². The van der Waals surface area contributed by atoms with Crippen molar-refractivity contribution >= 4 is 21.9 Å². The Morgan fingerprint density at radius 1 is 1.41 bits per heavy atom. The van der Waals surface area contributed by atoms with Crippen molar-refractivity contribution in [2.75, 3.05) is 19.9 Å². The molecule has 1 aromatic carbocycles. The number of benzene rings is 1. The minimum atomic E-state index is -3.88. The van der Waals surface area contributed by atoms with Crippen molar-refractivity contribution in [3.05, 3.63) is 35.4 Å². The first-order valence-electron chi connectivity index (χ1n) is 5.94. The molecule has 1 amide bonds. The molecular formula is C12H15F2N3O4S. The Kier molecular flexibility index (Phi) is 5.80. The number of hydrogen-bond acceptors (Lipinski definition) is 5. The zero-order valence-corrected chi connectivity index (χ0v) is 12.7. The summed E-state index contributed by atoms with van der Waals surface area (Å²) < 4.78 is 55.3. The smallest absolute Gasteiger partial charge is 0.413 e. The van der Waals surface area contributed by atoms with E-state index in [2.05, 4.69) is 9.73 Å². The highest BCUT2D eigenvalue weighted by molar-refractivity contribution is 7.91. The summed E-state index contributed by atoms with van der Waals surface area (Å²) in [4.78, 5) is 14.5. The first-order valence-corrected chi connectivity index (χ1v) is 7.90. The number of ether oxygens (including phenoxy) is 1. The Bertz CT molecular complexity index is 671. The molecule has 122 valence electrons. The molecule has 0 fully saturated rings. The molecule has 0 bridgehead atoms. The van der Waals surface area contributed by atoms with Gasteiger partial charge in [-0.15, -0.1) is 0 Å². The summed E-state index contributed by atoms with van der Waals surface area (Å²) in [5.41, 5.74) is 4.73. The van der Waals surface area contributed by atoms with Crippen molar-refractivity contribution in [1.29, 1.82) is 0 Å². The van der Waals surface area contributed by atoms with E-state index in [1.54, 1.807) is 0 Å². The fourth-order valence-corrected chi connectivity index (χ4v) is 2.63. The van der Waals surface area contributed by atoms with Gasteiger partial charge in [0.2, 0.25) is 0 Å². The number of carbonyl (C=O) groups excluding carboxylic acids is 1. The van der Waals surface area contributed by atoms with Gasteiger partial charge in [0, 0.05) is 11.8 Å². The molecule has 10 heteroatoms. The topological polar surface area (TPSA) is 111 Å². The molecule has 1 aromatic rings. The second-order valence-corrected chi connectivity index (χ2v) is 6.52. The Hall–Kier alpha value is -2.23. The minimum absolute atomic E-state index is 0.433. The molecule has 3 N–H and O–H groups in total. The normalized spacial score (nSPS) is 13.5. The average Bonchev–Trinajstić information content (AvgIpc) is 2.40. The lowest BCUT2D eigenvalue weighted by molar-refractivity contribution is 0.176. The number of methoxy groups -OCH3 is 1. The van der Waals surface area contributed by atoms with E-state index < -0.39 is 50.9 Å². The molecular weight excluding hydrogens is 320 g/mol. The number of hydrogen-bond donors (Lipinski definition) is 2. The van der Waals surface area contributed by atoms with E-state index in [0.717, 1.165) is 31.6 Å². The molecule has 0 aliphatic heterocycles. The van der Waals surface area contributed by atoms with E-state index >= 15 is 0 Å². The summed E-state index contributed by atoms with van der Waals surface area (Å²) in [6.45, 7) is -0.563. The molecule has 0 radical (unpaired) electrons. The van der Waals surface area contributed by atoms with Crippen LogP contribution in [-0.4, -0.2) is 40.4 Å². The van der Waals surface area contributed by atoms with Gasteiger partial charge >= 0.3 is 6.09 Å². The minimum Gasteiger partial charge on any atom is -0.453 e. The molecule has 22 heavy (non-hydrogen) atoms. The van der Waals surface area contributed by atoms with Gasteiger partial charge in [0.15, 0.2) is 15.8 Å². The van der Waals surface area contributed by atoms with Gasteiger partial charge in [0.25, 0.3) is 0 Å². The largest absolute Gasteiger partial charge is 0.453 e. The first kappa shape index (κ1) is 17.8. The second-order valence-electron chi connectivity index (χ2n) is 4.30. The van der Waals surface area contributed by atoms with E-state index in [9.17, 15) is 22.0 Å². The highest BCUT2D eigenvalue weighted by Crippen LogP contribution is 2.27. The van der Waals surface area contributed by atoms with Gasteiger partial charge in [-0.2, -0.15) is 0 Å². The molecule has 1 atom stereocenters. The number of nitrogens with two attached hydrogens (primary N) is 1. The summed E-state index contributed by atoms with van der Waals surface area (Å²) in [6, 6.07) is 3.00. The van der Waals surface area contributed by atoms with E-state index in [0.29, 0.717) is 0 Å². The number of rotatable bonds is 4. The van der Waals surface area contributed by atoms with Gasteiger partial charge in [0.05, 0.1) is 13.7 Å². The number of alkyl carbamates (subject to hydrolysis) is 1. The second kappa shape index (κ2) is 7.16. The van der Waals surface area contributed by atoms with Crippen molar-refractivity contribution in [2.24, 2.45) is 10.7 Å². The summed E-state index contributed by atoms with van der Waals surface area (Å²) in [7, 11) is -2.79. The third-order valence-electron chi connectivity index (χ3n) is 2.68. The van der Waals surface area contributed by atoms with E-state index in [1.165, 1.54) is 0 Å². The lowest BCUT2D eigenvalue weighted by Gasteiger charge is -2.15. The van der Waals surface area contributed by atoms with Crippen LogP contribution >= 0.6 is 0 Å². The van der Waals surface area contributed by atoms with Gasteiger partial charge in [-0.3, -0.25) is 10.3 Å². The molecule has 1 unspecified atom stereocenters. The van der Waals surface area contributed by atoms with Crippen molar-refractivity contribution in [1.82, 2.24) is 5.32 Å². The van der Waals surface area contributed by atoms with Crippen LogP contribution in [0, 0.1) is 11.6 Å². The molecule has 1 rings (SSSR count). The Balaban J connectivity index is 3.12. The lowest BCUT2D eigenvalue weighted by atomic mass is 10.1. The molecule has 0 aliphatic rings. The Morgan fingerprint density at radius 2 is 1.95 bits per heavy atom. The van der Waals surface area contributed by atoms with Gasteiger partial charge < -0.3 is 10.5 Å². The van der Waals surface area contributed by atoms with E-state index in [4.69, 9.17) is 5.73 Å². The quantitative estimate of drug-likeness (QED) is 0.622. The number of nitrogens with one attached hydrogen (secondary N) is 1. The van der Waals surface area contributed by atoms with Crippen LogP contribution in [0.15, 0.2) is 23.2 Å². The van der Waals surface area contributed by atoms with Crippen LogP contribution in [0.25, 0.3) is 0 Å². The Morgan fingerprint density at radius 3 is 2.41 bits per heavy atom. The molecule has 0 saturated heterocycles. The predicted molar refractivity (Wildman–Crippen MR) is 76.0 cm³/mol. The summed E-state index contributed by atoms with van der Waals surface area (Å²) in [5.74, 6) is -2.45. The van der Waals surface area contributed by atoms with Crippen LogP contribution in [0.4, 0.5) is 13.6 Å². The van der Waals surface area contributed by atoms with Crippen LogP contribution in [0.1, 0.15) is 10.8 Å². The average molecular weight is 335 g/mol. The van der Waals surface area contributed by atoms with Gasteiger partial charge in [0.1, 0.15) is 16.9 Å². The van der Waals surface area contributed by atoms with Crippen LogP contribution in [0.3, 0.4) is 0 Å². The Labute approximate surface area is 126 Å². The molecule has 0 heterocycles. The van der Waals surface area contributed by atoms with Crippen molar-refractivity contribution in [2.45, 2.75) is 5.25 Å². The molecule has 7 nitrogen and oxygen atoms in total. The summed E-state index contributed by atoms with van der Waals surface area (Å²) in [6.07, 6.45) is -0.0857. The number of guanidine groups is 1. The zero-order valence-electron chi connectivity index (χ0n) is 11.8. The number of carbonyl (C=O) groups is 1. The van der Waals surface area contributed by atoms with Crippen LogP contribution < -0.4 is 11.1 Å². The SMILES string of the molecule is COC(=O)NC(N)=NCC(c1c(F)cccc1F)S(C)(=O)=O. The maximum absolute atomic E-state index is 13.7. The lowest BCUT2D eigenvalue weighted by Crippen LogP contribution is -2.37. The molecule has 0 spiro atoms. The van der Waals surface area contributed by atoms with E-state index in [-0.39, 0.29) is 0 Å². The third-order valence-corrected chi connectivity index (χ3v) is 4.10. The first-order chi connectivity index (χ1) is 10.2. The molecule has 0 aliphatic carbocycles. The maximum atomic E-state index is 13.7. The number of nitrogens with zero attached hydrogens (tertiary/aromatic N) is 1. The van der Waals surface area contributed by atoms with Crippen LogP contribution in [0.2, 0.25) is 0 Å². The van der Waals surface area contributed by atoms with Gasteiger partial charge in [-0.25, -0.2) is 22.0 Å². The highest BCUT2D eigenvalue weighted by atomic mass is 32.2. The number of halogens is 2. The van der Waals surface area contributed by atoms with Crippen molar-refractivity contribution in [3.8, 4) is 0 Å². The number of aliphatic imine (C=N–C) groups is 1. The predicted octanol–water partition coefficient (Wildman–Crippen LogP) is 0.721. The monoisotopic (exact) mass is 335 g/mol. The highest BCUT2D eigenvalue weighted by Gasteiger charge is 2.28. The summed E-state index contributed by atoms with van der Waals surface area (Å²) in [5, 5.41) is 0.424. The molecule has 0 aromatic heterocycles. The number of amides is 1. The van der Waals surface area contributed by atoms with Crippen LogP contribution in [-0.2, 0) is 14.6 Å². The maximum Gasteiger partial charge on any atom is 0.413 e. The van der Waals surface area contributed by atoms with E-state index in [1.807, 2.05) is 5.32 Å². The molecule has 0 saturated carbocycles. The zero-order chi connectivity index (χ0) is 16.9. The fourth-order valence-electron chi connectivity index (χ4n) is 1.64. The van der Waals surface area contributed by atoms with Gasteiger partial charge in [-0.05, 0) is 12.1 Å². The fraction of sp³-hybridized carbons (Fsp3) is 0.333. The van der Waals surface area contributed by atoms with Crippen molar-refractivity contribution < 1.29 is 26.7 Å². The number of sulfone groups is 1. The standard InChI is InChI=1S/C12H15F2N3O4S/c1-21-12(18)17-11(15)16-6-9(22(2,19)20)10-7(13)4-3-5-8(10)14/h3-5,9H,6H2,1-2H3,(H3,15,16,17,18). The summed E-state index contributed by atoms with van der Waals surface area (Å²) >= 11 is 0.